The number of hydrogen-bond donors (Lipinski definition) is 0. The van der Waals surface area contributed by atoms with Crippen LogP contribution in [-0.4, -0.2) is 21.9 Å². The molecule has 5 rings (SSSR count). The van der Waals surface area contributed by atoms with Crippen molar-refractivity contribution in [1.82, 2.24) is 9.55 Å². The number of fused-ring (bicyclic) bond motifs is 3. The molecule has 2 aromatic carbocycles. The maximum absolute atomic E-state index is 13.9. The average Bonchev–Trinajstić information content (AvgIpc) is 3.20. The quantitative estimate of drug-likeness (QED) is 0.160. The van der Waals surface area contributed by atoms with E-state index < -0.39 is 17.3 Å². The van der Waals surface area contributed by atoms with Crippen LogP contribution in [0.15, 0.2) is 58.5 Å². The molecule has 0 N–H and O–H groups in total. The van der Waals surface area contributed by atoms with Gasteiger partial charge in [0, 0.05) is 10.6 Å². The van der Waals surface area contributed by atoms with Crippen LogP contribution < -0.4 is 10.3 Å². The zero-order chi connectivity index (χ0) is 24.6. The maximum Gasteiger partial charge on any atom is 0.418 e. The number of alkyl halides is 3. The molecule has 0 bridgehead atoms. The number of rotatable bonds is 6. The minimum atomic E-state index is -4.60. The second-order valence-electron chi connectivity index (χ2n) is 8.45. The third kappa shape index (κ3) is 4.84. The van der Waals surface area contributed by atoms with Crippen molar-refractivity contribution in [3.8, 4) is 11.4 Å². The molecule has 0 saturated heterocycles. The van der Waals surface area contributed by atoms with Crippen LogP contribution in [0.25, 0.3) is 15.9 Å². The summed E-state index contributed by atoms with van der Waals surface area (Å²) < 4.78 is 48.6. The van der Waals surface area contributed by atoms with Crippen molar-refractivity contribution in [2.75, 3.05) is 12.4 Å². The molecule has 0 spiro atoms. The summed E-state index contributed by atoms with van der Waals surface area (Å²) in [5.41, 5.74) is 0.531. The van der Waals surface area contributed by atoms with Crippen LogP contribution in [0.2, 0.25) is 0 Å². The van der Waals surface area contributed by atoms with Gasteiger partial charge in [-0.25, -0.2) is 4.98 Å². The van der Waals surface area contributed by atoms with Crippen molar-refractivity contribution < 1.29 is 17.9 Å². The van der Waals surface area contributed by atoms with E-state index in [0.717, 1.165) is 58.1 Å². The van der Waals surface area contributed by atoms with E-state index in [2.05, 4.69) is 0 Å². The molecule has 1 aliphatic rings. The van der Waals surface area contributed by atoms with Crippen molar-refractivity contribution in [2.45, 2.75) is 43.9 Å². The Balaban J connectivity index is 1.57. The SMILES string of the molecule is Cc1cccc(OCCSc2nc3sc4c(c3c(=O)n2-c2ccccc2C(F)(F)F)CCCC4)c1. The molecule has 1 aliphatic carbocycles. The summed E-state index contributed by atoms with van der Waals surface area (Å²) in [4.78, 5) is 20.2. The predicted molar refractivity (Wildman–Crippen MR) is 134 cm³/mol. The van der Waals surface area contributed by atoms with E-state index in [1.807, 2.05) is 31.2 Å². The summed E-state index contributed by atoms with van der Waals surface area (Å²) in [7, 11) is 0. The average molecular weight is 517 g/mol. The Labute approximate surface area is 208 Å². The Morgan fingerprint density at radius 3 is 2.71 bits per heavy atom. The summed E-state index contributed by atoms with van der Waals surface area (Å²) >= 11 is 2.71. The predicted octanol–water partition coefficient (Wildman–Crippen LogP) is 6.82. The Hall–Kier alpha value is -2.78. The molecule has 4 nitrogen and oxygen atoms in total. The lowest BCUT2D eigenvalue weighted by atomic mass is 9.97. The van der Waals surface area contributed by atoms with E-state index in [-0.39, 0.29) is 10.8 Å². The van der Waals surface area contributed by atoms with Crippen LogP contribution in [0.5, 0.6) is 5.75 Å². The molecule has 0 fully saturated rings. The number of thioether (sulfide) groups is 1. The second kappa shape index (κ2) is 9.70. The molecule has 0 aliphatic heterocycles. The highest BCUT2D eigenvalue weighted by molar-refractivity contribution is 7.99. The van der Waals surface area contributed by atoms with Gasteiger partial charge < -0.3 is 4.74 Å². The number of ether oxygens (including phenoxy) is 1. The molecular formula is C26H23F3N2O2S2. The number of halogens is 3. The summed E-state index contributed by atoms with van der Waals surface area (Å²) in [6.45, 7) is 2.29. The third-order valence-electron chi connectivity index (χ3n) is 5.98. The summed E-state index contributed by atoms with van der Waals surface area (Å²) in [5, 5.41) is 0.702. The molecular weight excluding hydrogens is 493 g/mol. The lowest BCUT2D eigenvalue weighted by Crippen LogP contribution is -2.25. The van der Waals surface area contributed by atoms with E-state index in [1.165, 1.54) is 41.3 Å². The largest absolute Gasteiger partial charge is 0.493 e. The molecule has 9 heteroatoms. The van der Waals surface area contributed by atoms with Gasteiger partial charge >= 0.3 is 6.18 Å². The second-order valence-corrected chi connectivity index (χ2v) is 10.6. The summed E-state index contributed by atoms with van der Waals surface area (Å²) in [6, 6.07) is 12.8. The van der Waals surface area contributed by atoms with Crippen LogP contribution in [0.4, 0.5) is 13.2 Å². The fourth-order valence-electron chi connectivity index (χ4n) is 4.40. The molecule has 2 aromatic heterocycles. The van der Waals surface area contributed by atoms with Crippen LogP contribution >= 0.6 is 23.1 Å². The monoisotopic (exact) mass is 516 g/mol. The van der Waals surface area contributed by atoms with Crippen LogP contribution in [0, 0.1) is 6.92 Å². The number of benzene rings is 2. The first-order valence-corrected chi connectivity index (χ1v) is 13.2. The Kier molecular flexibility index (Phi) is 6.63. The molecule has 0 unspecified atom stereocenters. The minimum absolute atomic E-state index is 0.197. The van der Waals surface area contributed by atoms with E-state index in [4.69, 9.17) is 9.72 Å². The number of aromatic nitrogens is 2. The highest BCUT2D eigenvalue weighted by Gasteiger charge is 2.35. The molecule has 0 amide bonds. The zero-order valence-corrected chi connectivity index (χ0v) is 20.7. The Morgan fingerprint density at radius 1 is 1.11 bits per heavy atom. The topological polar surface area (TPSA) is 44.1 Å². The van der Waals surface area contributed by atoms with Crippen molar-refractivity contribution in [3.05, 3.63) is 80.5 Å². The number of aryl methyl sites for hydroxylation is 3. The highest BCUT2D eigenvalue weighted by atomic mass is 32.2. The molecule has 35 heavy (non-hydrogen) atoms. The standard InChI is InChI=1S/C26H23F3N2O2S2/c1-16-7-6-8-17(15-16)33-13-14-34-25-30-23-22(18-9-2-5-12-21(18)35-23)24(32)31(25)20-11-4-3-10-19(20)26(27,28)29/h3-4,6-8,10-11,15H,2,5,9,12-14H2,1H3. The van der Waals surface area contributed by atoms with Gasteiger partial charge in [-0.15, -0.1) is 11.3 Å². The van der Waals surface area contributed by atoms with Gasteiger partial charge in [-0.3, -0.25) is 9.36 Å². The van der Waals surface area contributed by atoms with Crippen molar-refractivity contribution in [2.24, 2.45) is 0 Å². The van der Waals surface area contributed by atoms with Crippen LogP contribution in [0.1, 0.15) is 34.4 Å². The number of hydrogen-bond acceptors (Lipinski definition) is 5. The Bertz CT molecular complexity index is 1440. The van der Waals surface area contributed by atoms with Crippen LogP contribution in [-0.2, 0) is 19.0 Å². The molecule has 0 saturated carbocycles. The number of nitrogens with zero attached hydrogens (tertiary/aromatic N) is 2. The molecule has 0 radical (unpaired) electrons. The van der Waals surface area contributed by atoms with Crippen molar-refractivity contribution in [3.63, 3.8) is 0 Å². The van der Waals surface area contributed by atoms with Crippen molar-refractivity contribution in [1.29, 1.82) is 0 Å². The van der Waals surface area contributed by atoms with Gasteiger partial charge in [0.2, 0.25) is 0 Å². The third-order valence-corrected chi connectivity index (χ3v) is 8.07. The fraction of sp³-hybridized carbons (Fsp3) is 0.308. The van der Waals surface area contributed by atoms with Gasteiger partial charge in [0.15, 0.2) is 5.16 Å². The van der Waals surface area contributed by atoms with Gasteiger partial charge in [-0.2, -0.15) is 13.2 Å². The van der Waals surface area contributed by atoms with Gasteiger partial charge in [0.1, 0.15) is 10.6 Å². The van der Waals surface area contributed by atoms with E-state index in [9.17, 15) is 18.0 Å². The van der Waals surface area contributed by atoms with Gasteiger partial charge in [-0.1, -0.05) is 36.0 Å². The van der Waals surface area contributed by atoms with Gasteiger partial charge in [-0.05, 0) is 68.0 Å². The van der Waals surface area contributed by atoms with E-state index >= 15 is 0 Å². The first kappa shape index (κ1) is 23.9. The fourth-order valence-corrected chi connectivity index (χ4v) is 6.53. The molecule has 182 valence electrons. The highest BCUT2D eigenvalue weighted by Crippen LogP contribution is 2.38. The smallest absolute Gasteiger partial charge is 0.418 e. The zero-order valence-electron chi connectivity index (χ0n) is 19.0. The summed E-state index contributed by atoms with van der Waals surface area (Å²) in [5.74, 6) is 1.14. The first-order chi connectivity index (χ1) is 16.8. The molecule has 4 aromatic rings. The first-order valence-electron chi connectivity index (χ1n) is 11.4. The van der Waals surface area contributed by atoms with Gasteiger partial charge in [0.05, 0.1) is 23.2 Å². The van der Waals surface area contributed by atoms with Gasteiger partial charge in [0.25, 0.3) is 5.56 Å². The summed E-state index contributed by atoms with van der Waals surface area (Å²) in [6.07, 6.45) is -0.964. The molecule has 2 heterocycles. The van der Waals surface area contributed by atoms with E-state index in [0.29, 0.717) is 22.6 Å². The molecule has 0 atom stereocenters. The van der Waals surface area contributed by atoms with E-state index in [1.54, 1.807) is 0 Å². The maximum atomic E-state index is 13.9. The number of thiophene rings is 1. The van der Waals surface area contributed by atoms with Crippen molar-refractivity contribution >= 4 is 33.3 Å². The number of para-hydroxylation sites is 1. The lowest BCUT2D eigenvalue weighted by molar-refractivity contribution is -0.137. The minimum Gasteiger partial charge on any atom is -0.493 e. The lowest BCUT2D eigenvalue weighted by Gasteiger charge is -2.18. The van der Waals surface area contributed by atoms with Crippen LogP contribution in [0.3, 0.4) is 0 Å². The normalized spacial score (nSPS) is 13.7. The Morgan fingerprint density at radius 2 is 1.91 bits per heavy atom.